The molecule has 2 aromatic carbocycles. The molecule has 0 bridgehead atoms. The molecule has 5 nitrogen and oxygen atoms in total. The number of hydrogen-bond donors (Lipinski definition) is 2. The Kier molecular flexibility index (Phi) is 5.71. The van der Waals surface area contributed by atoms with Crippen LogP contribution in [0.5, 0.6) is 0 Å². The van der Waals surface area contributed by atoms with Gasteiger partial charge in [-0.1, -0.05) is 30.3 Å². The van der Waals surface area contributed by atoms with Crippen LogP contribution in [0.25, 0.3) is 0 Å². The maximum absolute atomic E-state index is 12.7. The first kappa shape index (κ1) is 17.7. The number of likely N-dealkylation sites (N-methyl/N-ethyl adjacent to an activating group) is 1. The number of aliphatic hydroxyl groups is 1. The first-order chi connectivity index (χ1) is 11.5. The first-order valence-corrected chi connectivity index (χ1v) is 7.89. The largest absolute Gasteiger partial charge is 0.386 e. The molecule has 0 spiro atoms. The number of benzene rings is 2. The van der Waals surface area contributed by atoms with Crippen LogP contribution in [0.2, 0.25) is 0 Å². The van der Waals surface area contributed by atoms with Gasteiger partial charge in [0.1, 0.15) is 0 Å². The molecule has 2 aromatic rings. The predicted molar refractivity (Wildman–Crippen MR) is 92.5 cm³/mol. The van der Waals surface area contributed by atoms with Crippen LogP contribution in [-0.2, 0) is 0 Å². The molecule has 2 amide bonds. The number of hydrogen-bond acceptors (Lipinski definition) is 3. The van der Waals surface area contributed by atoms with Gasteiger partial charge in [-0.05, 0) is 43.7 Å². The normalized spacial score (nSPS) is 13.1. The zero-order chi connectivity index (χ0) is 17.7. The van der Waals surface area contributed by atoms with E-state index in [1.54, 1.807) is 17.0 Å². The lowest BCUT2D eigenvalue weighted by Crippen LogP contribution is -2.42. The molecule has 0 saturated heterocycles. The Bertz CT molecular complexity index is 698. The van der Waals surface area contributed by atoms with E-state index < -0.39 is 12.0 Å². The summed E-state index contributed by atoms with van der Waals surface area (Å²) in [4.78, 5) is 25.5. The molecule has 0 radical (unpaired) electrons. The number of carbonyl (C=O) groups excluding carboxylic acids is 2. The number of nitrogens with two attached hydrogens (primary N) is 1. The van der Waals surface area contributed by atoms with Crippen molar-refractivity contribution in [2.24, 2.45) is 5.73 Å². The van der Waals surface area contributed by atoms with Crippen molar-refractivity contribution in [3.63, 3.8) is 0 Å². The maximum atomic E-state index is 12.7. The van der Waals surface area contributed by atoms with E-state index in [0.29, 0.717) is 17.7 Å². The predicted octanol–water partition coefficient (Wildman–Crippen LogP) is 2.37. The maximum Gasteiger partial charge on any atom is 0.254 e. The first-order valence-electron chi connectivity index (χ1n) is 7.89. The Morgan fingerprint density at radius 1 is 1.04 bits per heavy atom. The van der Waals surface area contributed by atoms with Gasteiger partial charge in [0.25, 0.3) is 5.91 Å². The number of carbonyl (C=O) groups is 2. The molecule has 2 rings (SSSR count). The summed E-state index contributed by atoms with van der Waals surface area (Å²) in [6.45, 7) is 4.14. The Morgan fingerprint density at radius 2 is 1.58 bits per heavy atom. The Labute approximate surface area is 141 Å². The van der Waals surface area contributed by atoms with Crippen molar-refractivity contribution in [2.45, 2.75) is 26.0 Å². The molecule has 0 aliphatic carbocycles. The second-order valence-corrected chi connectivity index (χ2v) is 5.63. The standard InChI is InChI=1S/C19H22N2O3/c1-3-21(13(2)17(22)14-7-5-4-6-8-14)19(24)16-11-9-15(10-12-16)18(20)23/h4-13,17,22H,3H2,1-2H3,(H2,20,23). The lowest BCUT2D eigenvalue weighted by molar-refractivity contribution is 0.0419. The molecule has 0 aliphatic heterocycles. The number of aliphatic hydroxyl groups excluding tert-OH is 1. The van der Waals surface area contributed by atoms with E-state index in [-0.39, 0.29) is 11.9 Å². The Morgan fingerprint density at radius 3 is 2.08 bits per heavy atom. The highest BCUT2D eigenvalue weighted by atomic mass is 16.3. The summed E-state index contributed by atoms with van der Waals surface area (Å²) < 4.78 is 0. The van der Waals surface area contributed by atoms with Gasteiger partial charge in [0.15, 0.2) is 0 Å². The van der Waals surface area contributed by atoms with Gasteiger partial charge in [0, 0.05) is 17.7 Å². The highest BCUT2D eigenvalue weighted by molar-refractivity contribution is 5.97. The summed E-state index contributed by atoms with van der Waals surface area (Å²) >= 11 is 0. The third kappa shape index (κ3) is 3.81. The minimum atomic E-state index is -0.778. The van der Waals surface area contributed by atoms with Gasteiger partial charge < -0.3 is 15.7 Å². The van der Waals surface area contributed by atoms with Crippen LogP contribution < -0.4 is 5.73 Å². The van der Waals surface area contributed by atoms with Gasteiger partial charge in [0.05, 0.1) is 12.1 Å². The van der Waals surface area contributed by atoms with E-state index in [4.69, 9.17) is 5.73 Å². The molecule has 24 heavy (non-hydrogen) atoms. The fourth-order valence-corrected chi connectivity index (χ4v) is 2.66. The van der Waals surface area contributed by atoms with E-state index in [9.17, 15) is 14.7 Å². The van der Waals surface area contributed by atoms with Crippen LogP contribution in [0, 0.1) is 0 Å². The molecule has 2 atom stereocenters. The number of rotatable bonds is 6. The smallest absolute Gasteiger partial charge is 0.254 e. The summed E-state index contributed by atoms with van der Waals surface area (Å²) in [6, 6.07) is 15.1. The molecule has 0 fully saturated rings. The molecule has 2 unspecified atom stereocenters. The Balaban J connectivity index is 2.20. The summed E-state index contributed by atoms with van der Waals surface area (Å²) in [5, 5.41) is 10.5. The quantitative estimate of drug-likeness (QED) is 0.855. The van der Waals surface area contributed by atoms with E-state index in [1.165, 1.54) is 12.1 Å². The molecular weight excluding hydrogens is 304 g/mol. The van der Waals surface area contributed by atoms with Gasteiger partial charge in [-0.25, -0.2) is 0 Å². The van der Waals surface area contributed by atoms with Crippen LogP contribution in [-0.4, -0.2) is 34.4 Å². The minimum absolute atomic E-state index is 0.198. The Hall–Kier alpha value is -2.66. The van der Waals surface area contributed by atoms with Crippen LogP contribution in [0.3, 0.4) is 0 Å². The lowest BCUT2D eigenvalue weighted by Gasteiger charge is -2.32. The van der Waals surface area contributed by atoms with Crippen molar-refractivity contribution in [2.75, 3.05) is 6.54 Å². The number of amides is 2. The fraction of sp³-hybridized carbons (Fsp3) is 0.263. The lowest BCUT2D eigenvalue weighted by atomic mass is 10.0. The van der Waals surface area contributed by atoms with Crippen LogP contribution in [0.1, 0.15) is 46.2 Å². The molecule has 0 aliphatic rings. The van der Waals surface area contributed by atoms with Crippen LogP contribution in [0.15, 0.2) is 54.6 Å². The van der Waals surface area contributed by atoms with E-state index in [1.807, 2.05) is 44.2 Å². The van der Waals surface area contributed by atoms with Crippen molar-refractivity contribution in [3.8, 4) is 0 Å². The second-order valence-electron chi connectivity index (χ2n) is 5.63. The van der Waals surface area contributed by atoms with Crippen molar-refractivity contribution in [1.29, 1.82) is 0 Å². The summed E-state index contributed by atoms with van der Waals surface area (Å²) in [6.07, 6.45) is -0.778. The molecule has 0 aromatic heterocycles. The van der Waals surface area contributed by atoms with Crippen molar-refractivity contribution in [3.05, 3.63) is 71.3 Å². The monoisotopic (exact) mass is 326 g/mol. The minimum Gasteiger partial charge on any atom is -0.386 e. The van der Waals surface area contributed by atoms with E-state index in [2.05, 4.69) is 0 Å². The highest BCUT2D eigenvalue weighted by Crippen LogP contribution is 2.22. The summed E-state index contributed by atoms with van der Waals surface area (Å²) in [5.41, 5.74) is 6.78. The van der Waals surface area contributed by atoms with Gasteiger partial charge in [-0.2, -0.15) is 0 Å². The van der Waals surface area contributed by atoms with Crippen molar-refractivity contribution < 1.29 is 14.7 Å². The molecule has 3 N–H and O–H groups in total. The molecule has 126 valence electrons. The molecule has 0 saturated carbocycles. The van der Waals surface area contributed by atoms with Crippen LogP contribution in [0.4, 0.5) is 0 Å². The summed E-state index contributed by atoms with van der Waals surface area (Å²) in [5.74, 6) is -0.731. The highest BCUT2D eigenvalue weighted by Gasteiger charge is 2.26. The van der Waals surface area contributed by atoms with Crippen LogP contribution >= 0.6 is 0 Å². The van der Waals surface area contributed by atoms with Gasteiger partial charge in [0.2, 0.25) is 5.91 Å². The zero-order valence-electron chi connectivity index (χ0n) is 13.8. The third-order valence-electron chi connectivity index (χ3n) is 4.11. The van der Waals surface area contributed by atoms with E-state index >= 15 is 0 Å². The topological polar surface area (TPSA) is 83.6 Å². The average molecular weight is 326 g/mol. The third-order valence-corrected chi connectivity index (χ3v) is 4.11. The van der Waals surface area contributed by atoms with E-state index in [0.717, 1.165) is 5.56 Å². The van der Waals surface area contributed by atoms with Crippen molar-refractivity contribution >= 4 is 11.8 Å². The zero-order valence-corrected chi connectivity index (χ0v) is 13.8. The number of primary amides is 1. The van der Waals surface area contributed by atoms with Gasteiger partial charge >= 0.3 is 0 Å². The van der Waals surface area contributed by atoms with Gasteiger partial charge in [-0.3, -0.25) is 9.59 Å². The van der Waals surface area contributed by atoms with Gasteiger partial charge in [-0.15, -0.1) is 0 Å². The molecular formula is C19H22N2O3. The second kappa shape index (κ2) is 7.75. The SMILES string of the molecule is CCN(C(=O)c1ccc(C(N)=O)cc1)C(C)C(O)c1ccccc1. The fourth-order valence-electron chi connectivity index (χ4n) is 2.66. The van der Waals surface area contributed by atoms with Crippen molar-refractivity contribution in [1.82, 2.24) is 4.90 Å². The molecule has 5 heteroatoms. The summed E-state index contributed by atoms with van der Waals surface area (Å²) in [7, 11) is 0. The average Bonchev–Trinajstić information content (AvgIpc) is 2.62. The molecule has 0 heterocycles. The number of nitrogens with zero attached hydrogens (tertiary/aromatic N) is 1.